The molecule has 1 aromatic heterocycles. The van der Waals surface area contributed by atoms with Crippen LogP contribution in [0.15, 0.2) is 43.1 Å². The van der Waals surface area contributed by atoms with Gasteiger partial charge in [-0.3, -0.25) is 14.3 Å². The van der Waals surface area contributed by atoms with E-state index in [1.165, 1.54) is 0 Å². The number of carbonyl (C=O) groups is 2. The van der Waals surface area contributed by atoms with Gasteiger partial charge in [0.2, 0.25) is 0 Å². The second kappa shape index (κ2) is 8.42. The number of amides is 1. The molecule has 0 atom stereocenters. The molecular weight excluding hydrogens is 332 g/mol. The van der Waals surface area contributed by atoms with E-state index in [2.05, 4.69) is 22.2 Å². The Morgan fingerprint density at radius 1 is 1.38 bits per heavy atom. The molecule has 2 N–H and O–H groups in total. The minimum absolute atomic E-state index is 0.0797. The van der Waals surface area contributed by atoms with E-state index in [-0.39, 0.29) is 12.3 Å². The smallest absolute Gasteiger partial charge is 0.303 e. The molecule has 2 rings (SSSR count). The number of hydrogen-bond donors (Lipinski definition) is 2. The van der Waals surface area contributed by atoms with Crippen LogP contribution in [0, 0.1) is 0 Å². The quantitative estimate of drug-likeness (QED) is 0.673. The Balaban J connectivity index is 2.04. The number of nitrogens with one attached hydrogen (secondary N) is 1. The normalized spacial score (nSPS) is 11.2. The van der Waals surface area contributed by atoms with Crippen LogP contribution in [-0.4, -0.2) is 32.0 Å². The average Bonchev–Trinajstić information content (AvgIpc) is 3.04. The molecule has 2 aromatic rings. The van der Waals surface area contributed by atoms with E-state index in [4.69, 9.17) is 5.11 Å². The maximum absolute atomic E-state index is 12.6. The number of benzene rings is 1. The van der Waals surface area contributed by atoms with Gasteiger partial charge >= 0.3 is 5.97 Å². The van der Waals surface area contributed by atoms with Crippen molar-refractivity contribution in [3.05, 3.63) is 59.9 Å². The van der Waals surface area contributed by atoms with Crippen LogP contribution in [0.5, 0.6) is 0 Å². The van der Waals surface area contributed by atoms with Gasteiger partial charge in [0, 0.05) is 18.5 Å². The Morgan fingerprint density at radius 3 is 2.85 bits per heavy atom. The number of aliphatic carboxylic acids is 1. The molecule has 0 spiro atoms. The van der Waals surface area contributed by atoms with E-state index >= 15 is 0 Å². The fourth-order valence-electron chi connectivity index (χ4n) is 2.51. The van der Waals surface area contributed by atoms with Gasteiger partial charge in [-0.25, -0.2) is 0 Å². The fraction of sp³-hybridized carbons (Fsp3) is 0.368. The molecule has 7 nitrogen and oxygen atoms in total. The third-order valence-corrected chi connectivity index (χ3v) is 3.95. The highest BCUT2D eigenvalue weighted by Crippen LogP contribution is 2.18. The van der Waals surface area contributed by atoms with Crippen LogP contribution in [0.2, 0.25) is 0 Å². The summed E-state index contributed by atoms with van der Waals surface area (Å²) < 4.78 is 1.59. The van der Waals surface area contributed by atoms with Crippen molar-refractivity contribution in [3.63, 3.8) is 0 Å². The van der Waals surface area contributed by atoms with Crippen LogP contribution in [0.4, 0.5) is 0 Å². The lowest BCUT2D eigenvalue weighted by Crippen LogP contribution is -2.41. The van der Waals surface area contributed by atoms with Crippen LogP contribution in [0.25, 0.3) is 0 Å². The molecular formula is C19H24N4O3. The lowest BCUT2D eigenvalue weighted by atomic mass is 10.00. The summed E-state index contributed by atoms with van der Waals surface area (Å²) in [6.45, 7) is 7.88. The van der Waals surface area contributed by atoms with E-state index in [9.17, 15) is 9.59 Å². The van der Waals surface area contributed by atoms with Crippen LogP contribution < -0.4 is 5.32 Å². The highest BCUT2D eigenvalue weighted by Gasteiger charge is 2.27. The maximum atomic E-state index is 12.6. The minimum Gasteiger partial charge on any atom is -0.481 e. The highest BCUT2D eigenvalue weighted by atomic mass is 16.4. The molecule has 1 amide bonds. The van der Waals surface area contributed by atoms with Crippen LogP contribution >= 0.6 is 0 Å². The number of aryl methyl sites for hydroxylation is 1. The Labute approximate surface area is 152 Å². The van der Waals surface area contributed by atoms with Gasteiger partial charge in [0.25, 0.3) is 5.91 Å². The molecule has 7 heteroatoms. The van der Waals surface area contributed by atoms with Crippen molar-refractivity contribution < 1.29 is 14.7 Å². The van der Waals surface area contributed by atoms with Gasteiger partial charge in [-0.15, -0.1) is 11.7 Å². The van der Waals surface area contributed by atoms with Crippen molar-refractivity contribution in [1.29, 1.82) is 0 Å². The highest BCUT2D eigenvalue weighted by molar-refractivity contribution is 5.94. The number of rotatable bonds is 9. The standard InChI is InChI=1S/C19H24N4O3/c1-4-7-14-8-5-9-15(12-14)18(26)20-19(2,3)16-13-23(22-21-16)11-6-10-17(24)25/h4-5,8-9,12-13H,1,6-7,10-11H2,2-3H3,(H,20,26)(H,24,25). The Bertz CT molecular complexity index is 796. The summed E-state index contributed by atoms with van der Waals surface area (Å²) in [7, 11) is 0. The largest absolute Gasteiger partial charge is 0.481 e. The lowest BCUT2D eigenvalue weighted by Gasteiger charge is -2.23. The predicted molar refractivity (Wildman–Crippen MR) is 97.7 cm³/mol. The third kappa shape index (κ3) is 5.27. The summed E-state index contributed by atoms with van der Waals surface area (Å²) >= 11 is 0. The second-order valence-electron chi connectivity index (χ2n) is 6.64. The summed E-state index contributed by atoms with van der Waals surface area (Å²) in [5.74, 6) is -1.03. The monoisotopic (exact) mass is 356 g/mol. The number of carbonyl (C=O) groups excluding carboxylic acids is 1. The van der Waals surface area contributed by atoms with Crippen molar-refractivity contribution in [3.8, 4) is 0 Å². The number of nitrogens with zero attached hydrogens (tertiary/aromatic N) is 3. The Hall–Kier alpha value is -2.96. The van der Waals surface area contributed by atoms with Gasteiger partial charge < -0.3 is 10.4 Å². The van der Waals surface area contributed by atoms with Gasteiger partial charge in [-0.05, 0) is 44.4 Å². The van der Waals surface area contributed by atoms with Crippen LogP contribution in [0.1, 0.15) is 48.3 Å². The van der Waals surface area contributed by atoms with Gasteiger partial charge in [-0.2, -0.15) is 0 Å². The SMILES string of the molecule is C=CCc1cccc(C(=O)NC(C)(C)c2cn(CCCC(=O)O)nn2)c1. The molecule has 0 aliphatic rings. The molecule has 0 aliphatic carbocycles. The molecule has 0 radical (unpaired) electrons. The average molecular weight is 356 g/mol. The summed E-state index contributed by atoms with van der Waals surface area (Å²) in [5.41, 5.74) is 1.50. The topological polar surface area (TPSA) is 97.1 Å². The van der Waals surface area contributed by atoms with Gasteiger partial charge in [-0.1, -0.05) is 23.4 Å². The summed E-state index contributed by atoms with van der Waals surface area (Å²) in [5, 5.41) is 19.8. The molecule has 26 heavy (non-hydrogen) atoms. The molecule has 0 aliphatic heterocycles. The van der Waals surface area contributed by atoms with Crippen LogP contribution in [0.3, 0.4) is 0 Å². The first kappa shape index (κ1) is 19.4. The van der Waals surface area contributed by atoms with E-state index in [0.29, 0.717) is 30.6 Å². The minimum atomic E-state index is -0.836. The summed E-state index contributed by atoms with van der Waals surface area (Å²) in [6.07, 6.45) is 4.78. The Morgan fingerprint density at radius 2 is 2.15 bits per heavy atom. The lowest BCUT2D eigenvalue weighted by molar-refractivity contribution is -0.137. The van der Waals surface area contributed by atoms with E-state index in [1.807, 2.05) is 32.0 Å². The number of aromatic nitrogens is 3. The van der Waals surface area contributed by atoms with Gasteiger partial charge in [0.05, 0.1) is 11.7 Å². The van der Waals surface area contributed by atoms with E-state index in [0.717, 1.165) is 5.56 Å². The van der Waals surface area contributed by atoms with E-state index in [1.54, 1.807) is 23.0 Å². The summed E-state index contributed by atoms with van der Waals surface area (Å²) in [6, 6.07) is 7.41. The summed E-state index contributed by atoms with van der Waals surface area (Å²) in [4.78, 5) is 23.2. The predicted octanol–water partition coefficient (Wildman–Crippen LogP) is 2.54. The molecule has 0 saturated carbocycles. The van der Waals surface area contributed by atoms with Crippen molar-refractivity contribution >= 4 is 11.9 Å². The fourth-order valence-corrected chi connectivity index (χ4v) is 2.51. The van der Waals surface area contributed by atoms with Crippen LogP contribution in [-0.2, 0) is 23.3 Å². The number of carboxylic acids is 1. The molecule has 0 saturated heterocycles. The van der Waals surface area contributed by atoms with Gasteiger partial charge in [0.1, 0.15) is 5.69 Å². The zero-order chi connectivity index (χ0) is 19.2. The second-order valence-corrected chi connectivity index (χ2v) is 6.64. The first-order valence-electron chi connectivity index (χ1n) is 8.46. The Kier molecular flexibility index (Phi) is 6.27. The first-order chi connectivity index (χ1) is 12.3. The molecule has 1 aromatic carbocycles. The molecule has 0 bridgehead atoms. The van der Waals surface area contributed by atoms with E-state index < -0.39 is 11.5 Å². The zero-order valence-corrected chi connectivity index (χ0v) is 15.1. The molecule has 1 heterocycles. The molecule has 138 valence electrons. The number of allylic oxidation sites excluding steroid dienone is 1. The first-order valence-corrected chi connectivity index (χ1v) is 8.46. The molecule has 0 unspecified atom stereocenters. The van der Waals surface area contributed by atoms with Crippen molar-refractivity contribution in [1.82, 2.24) is 20.3 Å². The number of hydrogen-bond acceptors (Lipinski definition) is 4. The molecule has 0 fully saturated rings. The maximum Gasteiger partial charge on any atom is 0.303 e. The van der Waals surface area contributed by atoms with Crippen molar-refractivity contribution in [2.24, 2.45) is 0 Å². The van der Waals surface area contributed by atoms with Crippen molar-refractivity contribution in [2.75, 3.05) is 0 Å². The third-order valence-electron chi connectivity index (χ3n) is 3.95. The zero-order valence-electron chi connectivity index (χ0n) is 15.1. The van der Waals surface area contributed by atoms with Crippen molar-refractivity contribution in [2.45, 2.75) is 45.2 Å². The number of carboxylic acid groups (broad SMARTS) is 1. The van der Waals surface area contributed by atoms with Gasteiger partial charge in [0.15, 0.2) is 0 Å².